The van der Waals surface area contributed by atoms with Crippen LogP contribution in [-0.2, 0) is 16.1 Å². The number of aliphatic hydroxyl groups is 3. The summed E-state index contributed by atoms with van der Waals surface area (Å²) in [7, 11) is 1.37. The highest BCUT2D eigenvalue weighted by atomic mass is 32.1. The van der Waals surface area contributed by atoms with Crippen molar-refractivity contribution in [3.05, 3.63) is 35.9 Å². The molecule has 4 atom stereocenters. The van der Waals surface area contributed by atoms with Crippen LogP contribution < -0.4 is 0 Å². The summed E-state index contributed by atoms with van der Waals surface area (Å²) in [6, 6.07) is 9.40. The number of hydrogen-bond acceptors (Lipinski definition) is 6. The second-order valence-electron chi connectivity index (χ2n) is 4.13. The van der Waals surface area contributed by atoms with Gasteiger partial charge in [-0.2, -0.15) is 12.6 Å². The van der Waals surface area contributed by atoms with Gasteiger partial charge in [0.05, 0.1) is 24.6 Å². The Kier molecular flexibility index (Phi) is 7.37. The highest BCUT2D eigenvalue weighted by Gasteiger charge is 2.31. The molecule has 0 radical (unpaired) electrons. The number of benzene rings is 1. The Balaban J connectivity index is 2.53. The van der Waals surface area contributed by atoms with Gasteiger partial charge in [-0.25, -0.2) is 0 Å². The van der Waals surface area contributed by atoms with Crippen LogP contribution >= 0.6 is 12.6 Å². The molecular formula is C13H20O5S. The highest BCUT2D eigenvalue weighted by Crippen LogP contribution is 2.14. The van der Waals surface area contributed by atoms with Crippen LogP contribution in [0.3, 0.4) is 0 Å². The minimum absolute atomic E-state index is 0.249. The van der Waals surface area contributed by atoms with Crippen LogP contribution in [-0.4, -0.2) is 52.8 Å². The Hall–Kier alpha value is -0.630. The molecule has 19 heavy (non-hydrogen) atoms. The summed E-state index contributed by atoms with van der Waals surface area (Å²) in [5.41, 5.74) is 0.927. The third-order valence-corrected chi connectivity index (χ3v) is 3.17. The Bertz CT molecular complexity index is 348. The molecule has 0 fully saturated rings. The van der Waals surface area contributed by atoms with E-state index in [-0.39, 0.29) is 13.2 Å². The van der Waals surface area contributed by atoms with Crippen LogP contribution in [0, 0.1) is 0 Å². The largest absolute Gasteiger partial charge is 0.395 e. The molecule has 0 aliphatic rings. The topological polar surface area (TPSA) is 79.2 Å². The molecule has 1 rings (SSSR count). The van der Waals surface area contributed by atoms with E-state index in [0.29, 0.717) is 0 Å². The maximum absolute atomic E-state index is 9.90. The SMILES string of the molecule is COC(OCc1ccccc1)[C@H](O)[C@H](O)[C@H](S)CO. The van der Waals surface area contributed by atoms with Crippen molar-refractivity contribution in [1.82, 2.24) is 0 Å². The summed E-state index contributed by atoms with van der Waals surface area (Å²) in [6.45, 7) is -0.101. The normalized spacial score (nSPS) is 17.7. The molecule has 3 N–H and O–H groups in total. The fraction of sp³-hybridized carbons (Fsp3) is 0.538. The molecule has 0 aliphatic carbocycles. The predicted molar refractivity (Wildman–Crippen MR) is 73.9 cm³/mol. The summed E-state index contributed by atoms with van der Waals surface area (Å²) < 4.78 is 10.4. The zero-order valence-corrected chi connectivity index (χ0v) is 11.6. The lowest BCUT2D eigenvalue weighted by Gasteiger charge is -2.28. The van der Waals surface area contributed by atoms with Gasteiger partial charge in [0.25, 0.3) is 0 Å². The van der Waals surface area contributed by atoms with E-state index in [2.05, 4.69) is 12.6 Å². The molecule has 0 saturated heterocycles. The number of aliphatic hydroxyl groups excluding tert-OH is 3. The van der Waals surface area contributed by atoms with Gasteiger partial charge in [0.1, 0.15) is 6.10 Å². The summed E-state index contributed by atoms with van der Waals surface area (Å²) >= 11 is 3.96. The molecule has 0 spiro atoms. The minimum Gasteiger partial charge on any atom is -0.395 e. The Morgan fingerprint density at radius 2 is 1.79 bits per heavy atom. The van der Waals surface area contributed by atoms with E-state index in [0.717, 1.165) is 5.56 Å². The summed E-state index contributed by atoms with van der Waals surface area (Å²) in [5, 5.41) is 27.8. The van der Waals surface area contributed by atoms with Crippen LogP contribution in [0.2, 0.25) is 0 Å². The van der Waals surface area contributed by atoms with Gasteiger partial charge in [0, 0.05) is 7.11 Å². The van der Waals surface area contributed by atoms with E-state index in [1.165, 1.54) is 7.11 Å². The van der Waals surface area contributed by atoms with Crippen LogP contribution in [0.25, 0.3) is 0 Å². The van der Waals surface area contributed by atoms with Crippen molar-refractivity contribution in [1.29, 1.82) is 0 Å². The van der Waals surface area contributed by atoms with Crippen LogP contribution in [0.4, 0.5) is 0 Å². The number of ether oxygens (including phenoxy) is 2. The van der Waals surface area contributed by atoms with Crippen molar-refractivity contribution in [3.63, 3.8) is 0 Å². The first-order valence-electron chi connectivity index (χ1n) is 5.93. The third kappa shape index (κ3) is 5.10. The molecule has 108 valence electrons. The zero-order valence-electron chi connectivity index (χ0n) is 10.7. The molecule has 0 bridgehead atoms. The standard InChI is InChI=1S/C13H20O5S/c1-17-13(12(16)11(15)10(19)7-14)18-8-9-5-3-2-4-6-9/h2-6,10-16,19H,7-8H2,1H3/t10-,11-,12-,13?/m1/s1. The fourth-order valence-electron chi connectivity index (χ4n) is 1.56. The first-order valence-corrected chi connectivity index (χ1v) is 6.45. The molecule has 1 unspecified atom stereocenters. The van der Waals surface area contributed by atoms with E-state index < -0.39 is 23.7 Å². The summed E-state index contributed by atoms with van der Waals surface area (Å²) in [6.07, 6.45) is -3.52. The number of hydrogen-bond donors (Lipinski definition) is 4. The van der Waals surface area contributed by atoms with Gasteiger partial charge in [0.2, 0.25) is 0 Å². The Morgan fingerprint density at radius 3 is 2.32 bits per heavy atom. The first kappa shape index (κ1) is 16.4. The van der Waals surface area contributed by atoms with E-state index in [4.69, 9.17) is 14.6 Å². The van der Waals surface area contributed by atoms with E-state index in [9.17, 15) is 10.2 Å². The van der Waals surface area contributed by atoms with Gasteiger partial charge in [-0.3, -0.25) is 0 Å². The van der Waals surface area contributed by atoms with Crippen molar-refractivity contribution in [2.45, 2.75) is 30.4 Å². The summed E-state index contributed by atoms with van der Waals surface area (Å²) in [5.74, 6) is 0. The van der Waals surface area contributed by atoms with Gasteiger partial charge in [-0.05, 0) is 5.56 Å². The van der Waals surface area contributed by atoms with Gasteiger partial charge in [-0.15, -0.1) is 0 Å². The smallest absolute Gasteiger partial charge is 0.186 e. The predicted octanol–water partition coefficient (Wildman–Crippen LogP) is 0.188. The maximum atomic E-state index is 9.90. The van der Waals surface area contributed by atoms with Crippen molar-refractivity contribution >= 4 is 12.6 Å². The first-order chi connectivity index (χ1) is 9.10. The average molecular weight is 288 g/mol. The zero-order chi connectivity index (χ0) is 14.3. The molecule has 5 nitrogen and oxygen atoms in total. The third-order valence-electron chi connectivity index (χ3n) is 2.70. The van der Waals surface area contributed by atoms with Gasteiger partial charge < -0.3 is 24.8 Å². The molecule has 0 amide bonds. The van der Waals surface area contributed by atoms with Gasteiger partial charge in [-0.1, -0.05) is 30.3 Å². The lowest BCUT2D eigenvalue weighted by Crippen LogP contribution is -2.45. The monoisotopic (exact) mass is 288 g/mol. The molecular weight excluding hydrogens is 268 g/mol. The maximum Gasteiger partial charge on any atom is 0.186 e. The summed E-state index contributed by atoms with van der Waals surface area (Å²) in [4.78, 5) is 0. The lowest BCUT2D eigenvalue weighted by molar-refractivity contribution is -0.209. The minimum atomic E-state index is -1.29. The van der Waals surface area contributed by atoms with E-state index >= 15 is 0 Å². The van der Waals surface area contributed by atoms with Crippen LogP contribution in [0.5, 0.6) is 0 Å². The van der Waals surface area contributed by atoms with Gasteiger partial charge in [0.15, 0.2) is 6.29 Å². The Morgan fingerprint density at radius 1 is 1.16 bits per heavy atom. The van der Waals surface area contributed by atoms with Crippen molar-refractivity contribution < 1.29 is 24.8 Å². The molecule has 0 saturated carbocycles. The molecule has 1 aromatic carbocycles. The van der Waals surface area contributed by atoms with Crippen molar-refractivity contribution in [3.8, 4) is 0 Å². The van der Waals surface area contributed by atoms with Gasteiger partial charge >= 0.3 is 0 Å². The Labute approximate surface area is 118 Å². The number of rotatable bonds is 8. The lowest BCUT2D eigenvalue weighted by atomic mass is 10.1. The second-order valence-corrected chi connectivity index (χ2v) is 4.80. The van der Waals surface area contributed by atoms with E-state index in [1.54, 1.807) is 0 Å². The fourth-order valence-corrected chi connectivity index (χ4v) is 1.73. The van der Waals surface area contributed by atoms with Crippen LogP contribution in [0.15, 0.2) is 30.3 Å². The quantitative estimate of drug-likeness (QED) is 0.406. The molecule has 0 aliphatic heterocycles. The second kappa shape index (κ2) is 8.52. The number of thiol groups is 1. The number of methoxy groups -OCH3 is 1. The molecule has 1 aromatic rings. The molecule has 0 heterocycles. The van der Waals surface area contributed by atoms with Crippen LogP contribution in [0.1, 0.15) is 5.56 Å². The molecule has 6 heteroatoms. The molecule has 0 aromatic heterocycles. The highest BCUT2D eigenvalue weighted by molar-refractivity contribution is 7.81. The van der Waals surface area contributed by atoms with Crippen molar-refractivity contribution in [2.75, 3.05) is 13.7 Å². The van der Waals surface area contributed by atoms with Crippen molar-refractivity contribution in [2.24, 2.45) is 0 Å². The van der Waals surface area contributed by atoms with E-state index in [1.807, 2.05) is 30.3 Å². The average Bonchev–Trinajstić information content (AvgIpc) is 2.47.